The van der Waals surface area contributed by atoms with E-state index in [9.17, 15) is 0 Å². The molecule has 4 nitrogen and oxygen atoms in total. The summed E-state index contributed by atoms with van der Waals surface area (Å²) in [5, 5.41) is 0. The highest BCUT2D eigenvalue weighted by Crippen LogP contribution is 2.26. The van der Waals surface area contributed by atoms with Crippen LogP contribution in [-0.4, -0.2) is 9.97 Å². The summed E-state index contributed by atoms with van der Waals surface area (Å²) < 4.78 is 5.65. The van der Waals surface area contributed by atoms with E-state index < -0.39 is 0 Å². The van der Waals surface area contributed by atoms with Crippen molar-refractivity contribution in [3.63, 3.8) is 0 Å². The van der Waals surface area contributed by atoms with E-state index in [1.807, 2.05) is 44.2 Å². The van der Waals surface area contributed by atoms with Gasteiger partial charge in [-0.25, -0.2) is 9.97 Å². The van der Waals surface area contributed by atoms with Gasteiger partial charge in [0.25, 0.3) is 0 Å². The number of hydrogen-bond donors (Lipinski definition) is 1. The molecule has 0 aliphatic heterocycles. The van der Waals surface area contributed by atoms with Crippen LogP contribution in [0.5, 0.6) is 0 Å². The number of rotatable bonds is 1. The first-order valence-electron chi connectivity index (χ1n) is 5.74. The SMILES string of the molecule is Cc1ccc2nc(-c3ccc(C)c(N)c3)oc2n1. The number of nitrogens with two attached hydrogens (primary N) is 1. The fourth-order valence-electron chi connectivity index (χ4n) is 1.81. The van der Waals surface area contributed by atoms with E-state index in [1.54, 1.807) is 0 Å². The van der Waals surface area contributed by atoms with Gasteiger partial charge in [0.05, 0.1) is 0 Å². The van der Waals surface area contributed by atoms with Crippen LogP contribution in [0.4, 0.5) is 5.69 Å². The van der Waals surface area contributed by atoms with E-state index in [1.165, 1.54) is 0 Å². The molecular formula is C14H13N3O. The van der Waals surface area contributed by atoms with Crippen LogP contribution in [0.1, 0.15) is 11.3 Å². The van der Waals surface area contributed by atoms with Gasteiger partial charge in [0.2, 0.25) is 11.6 Å². The Balaban J connectivity index is 2.16. The minimum absolute atomic E-state index is 0.551. The van der Waals surface area contributed by atoms with Crippen LogP contribution in [0.3, 0.4) is 0 Å². The predicted octanol–water partition coefficient (Wildman–Crippen LogP) is 3.09. The second kappa shape index (κ2) is 3.84. The lowest BCUT2D eigenvalue weighted by molar-refractivity contribution is 0.607. The maximum absolute atomic E-state index is 5.89. The molecular weight excluding hydrogens is 226 g/mol. The monoisotopic (exact) mass is 239 g/mol. The van der Waals surface area contributed by atoms with Crippen molar-refractivity contribution in [3.05, 3.63) is 41.6 Å². The van der Waals surface area contributed by atoms with Crippen molar-refractivity contribution < 1.29 is 4.42 Å². The van der Waals surface area contributed by atoms with Crippen LogP contribution in [0.25, 0.3) is 22.7 Å². The maximum Gasteiger partial charge on any atom is 0.247 e. The molecule has 2 heterocycles. The first-order valence-corrected chi connectivity index (χ1v) is 5.74. The summed E-state index contributed by atoms with van der Waals surface area (Å²) in [6, 6.07) is 9.59. The van der Waals surface area contributed by atoms with E-state index in [4.69, 9.17) is 10.2 Å². The van der Waals surface area contributed by atoms with E-state index >= 15 is 0 Å². The van der Waals surface area contributed by atoms with Crippen molar-refractivity contribution >= 4 is 16.9 Å². The Labute approximate surface area is 104 Å². The van der Waals surface area contributed by atoms with Gasteiger partial charge in [-0.1, -0.05) is 6.07 Å². The summed E-state index contributed by atoms with van der Waals surface area (Å²) in [5.41, 5.74) is 10.8. The van der Waals surface area contributed by atoms with Crippen LogP contribution in [-0.2, 0) is 0 Å². The van der Waals surface area contributed by atoms with Gasteiger partial charge < -0.3 is 10.2 Å². The quantitative estimate of drug-likeness (QED) is 0.663. The van der Waals surface area contributed by atoms with Crippen LogP contribution in [0.2, 0.25) is 0 Å². The maximum atomic E-state index is 5.89. The fourth-order valence-corrected chi connectivity index (χ4v) is 1.81. The van der Waals surface area contributed by atoms with Crippen molar-refractivity contribution in [1.82, 2.24) is 9.97 Å². The van der Waals surface area contributed by atoms with Gasteiger partial charge in [0.15, 0.2) is 0 Å². The van der Waals surface area contributed by atoms with Gasteiger partial charge >= 0.3 is 0 Å². The molecule has 0 unspecified atom stereocenters. The standard InChI is InChI=1S/C14H13N3O/c1-8-3-5-10(7-11(8)15)13-17-12-6-4-9(2)16-14(12)18-13/h3-7H,15H2,1-2H3. The number of pyridine rings is 1. The molecule has 3 rings (SSSR count). The molecule has 0 saturated carbocycles. The molecule has 4 heteroatoms. The first kappa shape index (κ1) is 10.8. The Kier molecular flexibility index (Phi) is 2.30. The van der Waals surface area contributed by atoms with Crippen LogP contribution >= 0.6 is 0 Å². The lowest BCUT2D eigenvalue weighted by atomic mass is 10.1. The highest BCUT2D eigenvalue weighted by atomic mass is 16.4. The number of benzene rings is 1. The summed E-state index contributed by atoms with van der Waals surface area (Å²) in [4.78, 5) is 8.71. The number of aryl methyl sites for hydroxylation is 2. The predicted molar refractivity (Wildman–Crippen MR) is 71.1 cm³/mol. The molecule has 1 aromatic carbocycles. The number of fused-ring (bicyclic) bond motifs is 1. The molecule has 0 bridgehead atoms. The second-order valence-corrected chi connectivity index (χ2v) is 4.37. The molecule has 0 aliphatic rings. The largest absolute Gasteiger partial charge is 0.418 e. The third-order valence-corrected chi connectivity index (χ3v) is 2.92. The number of hydrogen-bond acceptors (Lipinski definition) is 4. The minimum atomic E-state index is 0.551. The average molecular weight is 239 g/mol. The molecule has 0 fully saturated rings. The van der Waals surface area contributed by atoms with Crippen molar-refractivity contribution in [2.24, 2.45) is 0 Å². The highest BCUT2D eigenvalue weighted by molar-refractivity contribution is 5.73. The lowest BCUT2D eigenvalue weighted by Gasteiger charge is -2.00. The van der Waals surface area contributed by atoms with Crippen LogP contribution in [0, 0.1) is 13.8 Å². The molecule has 0 amide bonds. The highest BCUT2D eigenvalue weighted by Gasteiger charge is 2.10. The molecule has 0 atom stereocenters. The summed E-state index contributed by atoms with van der Waals surface area (Å²) >= 11 is 0. The molecule has 0 radical (unpaired) electrons. The smallest absolute Gasteiger partial charge is 0.247 e. The van der Waals surface area contributed by atoms with Gasteiger partial charge in [0, 0.05) is 16.9 Å². The summed E-state index contributed by atoms with van der Waals surface area (Å²) in [7, 11) is 0. The molecule has 2 aromatic heterocycles. The number of oxazole rings is 1. The normalized spacial score (nSPS) is 11.0. The molecule has 18 heavy (non-hydrogen) atoms. The first-order chi connectivity index (χ1) is 8.63. The van der Waals surface area contributed by atoms with E-state index in [-0.39, 0.29) is 0 Å². The Morgan fingerprint density at radius 2 is 1.89 bits per heavy atom. The zero-order valence-electron chi connectivity index (χ0n) is 10.3. The Hall–Kier alpha value is -2.36. The van der Waals surface area contributed by atoms with Gasteiger partial charge in [-0.05, 0) is 43.7 Å². The van der Waals surface area contributed by atoms with Gasteiger partial charge in [0.1, 0.15) is 5.52 Å². The molecule has 0 spiro atoms. The van der Waals surface area contributed by atoms with Crippen molar-refractivity contribution in [2.75, 3.05) is 5.73 Å². The van der Waals surface area contributed by atoms with E-state index in [0.717, 1.165) is 28.0 Å². The number of aromatic nitrogens is 2. The second-order valence-electron chi connectivity index (χ2n) is 4.37. The van der Waals surface area contributed by atoms with Gasteiger partial charge in [-0.15, -0.1) is 0 Å². The van der Waals surface area contributed by atoms with E-state index in [2.05, 4.69) is 9.97 Å². The summed E-state index contributed by atoms with van der Waals surface area (Å²) in [6.45, 7) is 3.89. The third kappa shape index (κ3) is 1.72. The summed E-state index contributed by atoms with van der Waals surface area (Å²) in [6.07, 6.45) is 0. The number of nitrogen functional groups attached to an aromatic ring is 1. The van der Waals surface area contributed by atoms with Crippen LogP contribution < -0.4 is 5.73 Å². The Morgan fingerprint density at radius 1 is 1.06 bits per heavy atom. The number of anilines is 1. The topological polar surface area (TPSA) is 64.9 Å². The molecule has 0 aliphatic carbocycles. The lowest BCUT2D eigenvalue weighted by Crippen LogP contribution is -1.89. The molecule has 90 valence electrons. The minimum Gasteiger partial charge on any atom is -0.418 e. The van der Waals surface area contributed by atoms with Gasteiger partial charge in [-0.3, -0.25) is 0 Å². The molecule has 3 aromatic rings. The fraction of sp³-hybridized carbons (Fsp3) is 0.143. The van der Waals surface area contributed by atoms with E-state index in [0.29, 0.717) is 11.6 Å². The Bertz CT molecular complexity index is 731. The Morgan fingerprint density at radius 3 is 2.67 bits per heavy atom. The van der Waals surface area contributed by atoms with Gasteiger partial charge in [-0.2, -0.15) is 0 Å². The zero-order chi connectivity index (χ0) is 12.7. The molecule has 2 N–H and O–H groups in total. The van der Waals surface area contributed by atoms with Crippen molar-refractivity contribution in [2.45, 2.75) is 13.8 Å². The number of nitrogens with zero attached hydrogens (tertiary/aromatic N) is 2. The van der Waals surface area contributed by atoms with Crippen LogP contribution in [0.15, 0.2) is 34.7 Å². The van der Waals surface area contributed by atoms with Crippen molar-refractivity contribution in [1.29, 1.82) is 0 Å². The summed E-state index contributed by atoms with van der Waals surface area (Å²) in [5.74, 6) is 0.551. The zero-order valence-corrected chi connectivity index (χ0v) is 10.3. The van der Waals surface area contributed by atoms with Crippen molar-refractivity contribution in [3.8, 4) is 11.5 Å². The molecule has 0 saturated heterocycles. The third-order valence-electron chi connectivity index (χ3n) is 2.92. The average Bonchev–Trinajstić information content (AvgIpc) is 2.75.